The molecule has 110 valence electrons. The van der Waals surface area contributed by atoms with Gasteiger partial charge in [-0.05, 0) is 13.0 Å². The molecule has 1 heterocycles. The minimum absolute atomic E-state index is 0.0865. The summed E-state index contributed by atoms with van der Waals surface area (Å²) >= 11 is 5.95. The van der Waals surface area contributed by atoms with E-state index < -0.39 is 4.92 Å². The van der Waals surface area contributed by atoms with Gasteiger partial charge in [-0.2, -0.15) is 0 Å². The zero-order valence-corrected chi connectivity index (χ0v) is 12.2. The number of hydrogen-bond acceptors (Lipinski definition) is 6. The van der Waals surface area contributed by atoms with Crippen molar-refractivity contribution in [1.29, 1.82) is 0 Å². The summed E-state index contributed by atoms with van der Waals surface area (Å²) in [6.45, 7) is 1.97. The SMILES string of the molecule is CNc1cc(C)nc(COc2ccc([N+](=O)[O-])cc2Cl)n1. The van der Waals surface area contributed by atoms with Crippen molar-refractivity contribution in [2.45, 2.75) is 13.5 Å². The number of non-ortho nitro benzene ring substituents is 1. The number of hydrogen-bond donors (Lipinski definition) is 1. The third-order valence-electron chi connectivity index (χ3n) is 2.64. The predicted molar refractivity (Wildman–Crippen MR) is 78.8 cm³/mol. The van der Waals surface area contributed by atoms with Crippen LogP contribution in [0.5, 0.6) is 5.75 Å². The number of halogens is 1. The Balaban J connectivity index is 2.13. The van der Waals surface area contributed by atoms with E-state index in [2.05, 4.69) is 15.3 Å². The molecule has 21 heavy (non-hydrogen) atoms. The number of anilines is 1. The molecule has 0 atom stereocenters. The second kappa shape index (κ2) is 6.36. The highest BCUT2D eigenvalue weighted by Crippen LogP contribution is 2.29. The smallest absolute Gasteiger partial charge is 0.271 e. The largest absolute Gasteiger partial charge is 0.484 e. The van der Waals surface area contributed by atoms with Crippen LogP contribution in [-0.4, -0.2) is 21.9 Å². The molecule has 0 aliphatic carbocycles. The van der Waals surface area contributed by atoms with Crippen LogP contribution in [0.25, 0.3) is 0 Å². The van der Waals surface area contributed by atoms with Gasteiger partial charge in [0, 0.05) is 30.9 Å². The molecule has 0 aliphatic heterocycles. The predicted octanol–water partition coefficient (Wildman–Crippen LogP) is 2.97. The van der Waals surface area contributed by atoms with Crippen molar-refractivity contribution in [3.05, 3.63) is 50.9 Å². The molecular formula is C13H13ClN4O3. The van der Waals surface area contributed by atoms with Crippen LogP contribution >= 0.6 is 11.6 Å². The summed E-state index contributed by atoms with van der Waals surface area (Å²) in [5.41, 5.74) is 0.722. The standard InChI is InChI=1S/C13H13ClN4O3/c1-8-5-12(15-2)17-13(16-8)7-21-11-4-3-9(18(19)20)6-10(11)14/h3-6H,7H2,1-2H3,(H,15,16,17). The van der Waals surface area contributed by atoms with E-state index in [9.17, 15) is 10.1 Å². The minimum atomic E-state index is -0.515. The van der Waals surface area contributed by atoms with E-state index in [0.717, 1.165) is 5.69 Å². The molecule has 0 fully saturated rings. The molecule has 1 aromatic heterocycles. The highest BCUT2D eigenvalue weighted by Gasteiger charge is 2.11. The molecule has 0 amide bonds. The Labute approximate surface area is 126 Å². The van der Waals surface area contributed by atoms with Crippen LogP contribution in [0.15, 0.2) is 24.3 Å². The topological polar surface area (TPSA) is 90.2 Å². The molecule has 0 saturated carbocycles. The van der Waals surface area contributed by atoms with Crippen molar-refractivity contribution in [2.24, 2.45) is 0 Å². The minimum Gasteiger partial charge on any atom is -0.484 e. The van der Waals surface area contributed by atoms with Crippen LogP contribution in [0.2, 0.25) is 5.02 Å². The first-order valence-electron chi connectivity index (χ1n) is 6.08. The van der Waals surface area contributed by atoms with Gasteiger partial charge in [0.25, 0.3) is 5.69 Å². The maximum absolute atomic E-state index is 10.6. The second-order valence-corrected chi connectivity index (χ2v) is 4.63. The summed E-state index contributed by atoms with van der Waals surface area (Å²) in [4.78, 5) is 18.6. The Morgan fingerprint density at radius 2 is 2.14 bits per heavy atom. The van der Waals surface area contributed by atoms with E-state index in [1.165, 1.54) is 18.2 Å². The van der Waals surface area contributed by atoms with E-state index in [1.807, 2.05) is 13.0 Å². The summed E-state index contributed by atoms with van der Waals surface area (Å²) < 4.78 is 5.50. The molecule has 0 unspecified atom stereocenters. The third kappa shape index (κ3) is 3.79. The Morgan fingerprint density at radius 1 is 1.38 bits per heavy atom. The van der Waals surface area contributed by atoms with Gasteiger partial charge in [-0.3, -0.25) is 10.1 Å². The lowest BCUT2D eigenvalue weighted by atomic mass is 10.3. The van der Waals surface area contributed by atoms with Gasteiger partial charge in [-0.1, -0.05) is 11.6 Å². The van der Waals surface area contributed by atoms with E-state index >= 15 is 0 Å². The third-order valence-corrected chi connectivity index (χ3v) is 2.94. The summed E-state index contributed by atoms with van der Waals surface area (Å²) in [5, 5.41) is 13.7. The lowest BCUT2D eigenvalue weighted by molar-refractivity contribution is -0.384. The maximum Gasteiger partial charge on any atom is 0.271 e. The van der Waals surface area contributed by atoms with Crippen LogP contribution in [0.1, 0.15) is 11.5 Å². The van der Waals surface area contributed by atoms with Gasteiger partial charge >= 0.3 is 0 Å². The first-order chi connectivity index (χ1) is 9.99. The van der Waals surface area contributed by atoms with Crippen molar-refractivity contribution in [2.75, 3.05) is 12.4 Å². The Bertz CT molecular complexity index is 678. The number of nitro benzene ring substituents is 1. The number of rotatable bonds is 5. The second-order valence-electron chi connectivity index (χ2n) is 4.22. The molecule has 0 radical (unpaired) electrons. The normalized spacial score (nSPS) is 10.2. The monoisotopic (exact) mass is 308 g/mol. The first-order valence-corrected chi connectivity index (χ1v) is 6.46. The van der Waals surface area contributed by atoms with Gasteiger partial charge in [-0.25, -0.2) is 9.97 Å². The molecule has 8 heteroatoms. The molecule has 7 nitrogen and oxygen atoms in total. The number of nitro groups is 1. The fourth-order valence-corrected chi connectivity index (χ4v) is 1.91. The number of aryl methyl sites for hydroxylation is 1. The molecule has 0 saturated heterocycles. The van der Waals surface area contributed by atoms with Crippen LogP contribution in [-0.2, 0) is 6.61 Å². The highest BCUT2D eigenvalue weighted by atomic mass is 35.5. The lowest BCUT2D eigenvalue weighted by Crippen LogP contribution is -2.05. The van der Waals surface area contributed by atoms with Gasteiger partial charge in [0.15, 0.2) is 5.82 Å². The molecular weight excluding hydrogens is 296 g/mol. The van der Waals surface area contributed by atoms with E-state index in [4.69, 9.17) is 16.3 Å². The van der Waals surface area contributed by atoms with Crippen LogP contribution in [0.3, 0.4) is 0 Å². The Morgan fingerprint density at radius 3 is 2.76 bits per heavy atom. The maximum atomic E-state index is 10.6. The van der Waals surface area contributed by atoms with Crippen LogP contribution in [0, 0.1) is 17.0 Å². The molecule has 2 rings (SSSR count). The average Bonchev–Trinajstić information content (AvgIpc) is 2.45. The number of benzene rings is 1. The number of nitrogens with zero attached hydrogens (tertiary/aromatic N) is 3. The Kier molecular flexibility index (Phi) is 4.54. The van der Waals surface area contributed by atoms with Crippen molar-refractivity contribution in [1.82, 2.24) is 9.97 Å². The molecule has 1 N–H and O–H groups in total. The van der Waals surface area contributed by atoms with Gasteiger partial charge < -0.3 is 10.1 Å². The Hall–Kier alpha value is -2.41. The summed E-state index contributed by atoms with van der Waals surface area (Å²) in [7, 11) is 1.76. The number of aromatic nitrogens is 2. The van der Waals surface area contributed by atoms with Gasteiger partial charge in [0.2, 0.25) is 0 Å². The quantitative estimate of drug-likeness (QED) is 0.674. The van der Waals surface area contributed by atoms with Crippen molar-refractivity contribution >= 4 is 23.1 Å². The van der Waals surface area contributed by atoms with Gasteiger partial charge in [0.1, 0.15) is 18.2 Å². The first kappa shape index (κ1) is 15.0. The van der Waals surface area contributed by atoms with Gasteiger partial charge in [0.05, 0.1) is 9.95 Å². The molecule has 1 aromatic carbocycles. The van der Waals surface area contributed by atoms with E-state index in [1.54, 1.807) is 7.05 Å². The molecule has 0 aliphatic rings. The van der Waals surface area contributed by atoms with Crippen molar-refractivity contribution in [3.63, 3.8) is 0 Å². The summed E-state index contributed by atoms with van der Waals surface area (Å²) in [5.74, 6) is 1.53. The summed E-state index contributed by atoms with van der Waals surface area (Å²) in [6, 6.07) is 5.84. The lowest BCUT2D eigenvalue weighted by Gasteiger charge is -2.08. The molecule has 0 spiro atoms. The highest BCUT2D eigenvalue weighted by molar-refractivity contribution is 6.32. The van der Waals surface area contributed by atoms with Crippen LogP contribution in [0.4, 0.5) is 11.5 Å². The molecule has 2 aromatic rings. The molecule has 0 bridgehead atoms. The fourth-order valence-electron chi connectivity index (χ4n) is 1.69. The van der Waals surface area contributed by atoms with E-state index in [0.29, 0.717) is 17.4 Å². The van der Waals surface area contributed by atoms with Crippen molar-refractivity contribution < 1.29 is 9.66 Å². The van der Waals surface area contributed by atoms with Crippen molar-refractivity contribution in [3.8, 4) is 5.75 Å². The summed E-state index contributed by atoms with van der Waals surface area (Å²) in [6.07, 6.45) is 0. The number of nitrogens with one attached hydrogen (secondary N) is 1. The number of ether oxygens (including phenoxy) is 1. The average molecular weight is 309 g/mol. The van der Waals surface area contributed by atoms with Crippen LogP contribution < -0.4 is 10.1 Å². The van der Waals surface area contributed by atoms with E-state index in [-0.39, 0.29) is 17.3 Å². The van der Waals surface area contributed by atoms with Gasteiger partial charge in [-0.15, -0.1) is 0 Å². The zero-order chi connectivity index (χ0) is 15.4. The zero-order valence-electron chi connectivity index (χ0n) is 11.5. The fraction of sp³-hybridized carbons (Fsp3) is 0.231.